The molecule has 1 aliphatic rings. The Balaban J connectivity index is 0.00000225. The van der Waals surface area contributed by atoms with Gasteiger partial charge < -0.3 is 9.19 Å². The molecule has 16 heavy (non-hydrogen) atoms. The third-order valence-electron chi connectivity index (χ3n) is 3.95. The van der Waals surface area contributed by atoms with Crippen LogP contribution in [0.15, 0.2) is 0 Å². The van der Waals surface area contributed by atoms with E-state index in [9.17, 15) is 0 Å². The lowest BCUT2D eigenvalue weighted by Gasteiger charge is -2.34. The van der Waals surface area contributed by atoms with E-state index in [0.717, 1.165) is 0 Å². The summed E-state index contributed by atoms with van der Waals surface area (Å²) in [5.41, 5.74) is 0. The highest BCUT2D eigenvalue weighted by atomic mass is 19.0. The molecule has 0 bridgehead atoms. The number of nitrogens with zero attached hydrogens (tertiary/aromatic N) is 1. The van der Waals surface area contributed by atoms with E-state index >= 15 is 0 Å². The van der Waals surface area contributed by atoms with E-state index in [2.05, 4.69) is 13.8 Å². The van der Waals surface area contributed by atoms with Crippen LogP contribution in [0.3, 0.4) is 0 Å². The SMILES string of the molecule is CCCCCCC[N+]1(CCC)CCCC1.[F-]. The summed E-state index contributed by atoms with van der Waals surface area (Å²) >= 11 is 0. The van der Waals surface area contributed by atoms with E-state index in [1.807, 2.05) is 0 Å². The Labute approximate surface area is 101 Å². The Hall–Kier alpha value is -0.110. The Morgan fingerprint density at radius 2 is 1.38 bits per heavy atom. The maximum Gasteiger partial charge on any atom is 0.0788 e. The molecule has 1 rings (SSSR count). The van der Waals surface area contributed by atoms with Gasteiger partial charge in [0.2, 0.25) is 0 Å². The smallest absolute Gasteiger partial charge is 0.0788 e. The molecular formula is C14H30FN. The van der Waals surface area contributed by atoms with Crippen molar-refractivity contribution in [3.8, 4) is 0 Å². The van der Waals surface area contributed by atoms with Crippen LogP contribution < -0.4 is 4.70 Å². The average Bonchev–Trinajstić information content (AvgIpc) is 2.67. The van der Waals surface area contributed by atoms with Crippen LogP contribution in [0, 0.1) is 0 Å². The molecular weight excluding hydrogens is 201 g/mol. The van der Waals surface area contributed by atoms with E-state index in [4.69, 9.17) is 0 Å². The van der Waals surface area contributed by atoms with E-state index in [1.54, 1.807) is 0 Å². The minimum atomic E-state index is 0. The van der Waals surface area contributed by atoms with Crippen LogP contribution in [0.4, 0.5) is 0 Å². The quantitative estimate of drug-likeness (QED) is 0.431. The maximum atomic E-state index is 2.34. The second kappa shape index (κ2) is 8.98. The van der Waals surface area contributed by atoms with Gasteiger partial charge in [0.1, 0.15) is 0 Å². The first-order valence-electron chi connectivity index (χ1n) is 7.18. The minimum Gasteiger partial charge on any atom is -1.00 e. The van der Waals surface area contributed by atoms with Crippen LogP contribution in [-0.2, 0) is 0 Å². The summed E-state index contributed by atoms with van der Waals surface area (Å²) in [6, 6.07) is 0. The second-order valence-corrected chi connectivity index (χ2v) is 5.36. The first kappa shape index (κ1) is 15.9. The summed E-state index contributed by atoms with van der Waals surface area (Å²) in [6.07, 6.45) is 11.5. The lowest BCUT2D eigenvalue weighted by Crippen LogP contribution is -3.00. The minimum absolute atomic E-state index is 0. The van der Waals surface area contributed by atoms with E-state index in [0.29, 0.717) is 0 Å². The van der Waals surface area contributed by atoms with Crippen molar-refractivity contribution in [2.75, 3.05) is 26.2 Å². The van der Waals surface area contributed by atoms with Crippen molar-refractivity contribution in [3.63, 3.8) is 0 Å². The molecule has 0 atom stereocenters. The topological polar surface area (TPSA) is 0 Å². The molecule has 1 fully saturated rings. The van der Waals surface area contributed by atoms with Gasteiger partial charge >= 0.3 is 0 Å². The van der Waals surface area contributed by atoms with Crippen LogP contribution in [0.1, 0.15) is 65.2 Å². The molecule has 0 aromatic heterocycles. The van der Waals surface area contributed by atoms with E-state index in [1.165, 1.54) is 82.0 Å². The van der Waals surface area contributed by atoms with Gasteiger partial charge in [-0.2, -0.15) is 0 Å². The van der Waals surface area contributed by atoms with Gasteiger partial charge in [0.15, 0.2) is 0 Å². The summed E-state index contributed by atoms with van der Waals surface area (Å²) in [5.74, 6) is 0. The molecule has 1 aliphatic heterocycles. The summed E-state index contributed by atoms with van der Waals surface area (Å²) in [7, 11) is 0. The zero-order chi connectivity index (χ0) is 11.0. The van der Waals surface area contributed by atoms with Gasteiger partial charge in [-0.05, 0) is 19.3 Å². The molecule has 1 nitrogen and oxygen atoms in total. The molecule has 0 aromatic carbocycles. The Morgan fingerprint density at radius 3 is 1.94 bits per heavy atom. The molecule has 2 heteroatoms. The van der Waals surface area contributed by atoms with Gasteiger partial charge in [0.25, 0.3) is 0 Å². The molecule has 0 amide bonds. The number of unbranched alkanes of at least 4 members (excludes halogenated alkanes) is 4. The molecule has 0 aliphatic carbocycles. The Kier molecular flexibility index (Phi) is 8.91. The van der Waals surface area contributed by atoms with Crippen molar-refractivity contribution in [2.45, 2.75) is 65.2 Å². The van der Waals surface area contributed by atoms with Crippen LogP contribution in [-0.4, -0.2) is 30.7 Å². The van der Waals surface area contributed by atoms with Crippen LogP contribution in [0.2, 0.25) is 0 Å². The highest BCUT2D eigenvalue weighted by Crippen LogP contribution is 2.21. The van der Waals surface area contributed by atoms with Crippen molar-refractivity contribution >= 4 is 0 Å². The molecule has 1 heterocycles. The summed E-state index contributed by atoms with van der Waals surface area (Å²) < 4.78 is 1.46. The monoisotopic (exact) mass is 231 g/mol. The molecule has 0 radical (unpaired) electrons. The molecule has 1 saturated heterocycles. The first-order chi connectivity index (χ1) is 7.33. The summed E-state index contributed by atoms with van der Waals surface area (Å²) in [5, 5.41) is 0. The highest BCUT2D eigenvalue weighted by molar-refractivity contribution is 4.55. The van der Waals surface area contributed by atoms with Crippen molar-refractivity contribution in [3.05, 3.63) is 0 Å². The van der Waals surface area contributed by atoms with Crippen molar-refractivity contribution in [1.82, 2.24) is 0 Å². The number of halogens is 1. The zero-order valence-electron chi connectivity index (χ0n) is 11.3. The lowest BCUT2D eigenvalue weighted by atomic mass is 10.1. The fourth-order valence-corrected chi connectivity index (χ4v) is 3.09. The standard InChI is InChI=1S/C14H30N.FH/c1-3-5-6-7-8-12-15(11-4-2)13-9-10-14-15;/h3-14H2,1-2H3;1H/q+1;/p-1. The molecule has 0 N–H and O–H groups in total. The van der Waals surface area contributed by atoms with Crippen LogP contribution in [0.25, 0.3) is 0 Å². The predicted molar refractivity (Wildman–Crippen MR) is 68.0 cm³/mol. The second-order valence-electron chi connectivity index (χ2n) is 5.36. The first-order valence-corrected chi connectivity index (χ1v) is 7.18. The number of rotatable bonds is 8. The molecule has 98 valence electrons. The molecule has 0 spiro atoms. The van der Waals surface area contributed by atoms with Crippen LogP contribution >= 0.6 is 0 Å². The van der Waals surface area contributed by atoms with Gasteiger partial charge in [0, 0.05) is 12.8 Å². The lowest BCUT2D eigenvalue weighted by molar-refractivity contribution is -0.917. The third-order valence-corrected chi connectivity index (χ3v) is 3.95. The number of likely N-dealkylation sites (tertiary alicyclic amines) is 1. The molecule has 0 aromatic rings. The van der Waals surface area contributed by atoms with Gasteiger partial charge in [-0.15, -0.1) is 0 Å². The van der Waals surface area contributed by atoms with Gasteiger partial charge in [-0.3, -0.25) is 0 Å². The zero-order valence-corrected chi connectivity index (χ0v) is 11.3. The van der Waals surface area contributed by atoms with E-state index in [-0.39, 0.29) is 4.70 Å². The Morgan fingerprint density at radius 1 is 0.750 bits per heavy atom. The summed E-state index contributed by atoms with van der Waals surface area (Å²) in [6.45, 7) is 10.5. The number of hydrogen-bond acceptors (Lipinski definition) is 0. The fourth-order valence-electron chi connectivity index (χ4n) is 3.09. The van der Waals surface area contributed by atoms with Crippen molar-refractivity contribution in [2.24, 2.45) is 0 Å². The number of quaternary nitrogens is 1. The predicted octanol–water partition coefficient (Wildman–Crippen LogP) is 0.981. The van der Waals surface area contributed by atoms with Gasteiger partial charge in [-0.25, -0.2) is 0 Å². The fraction of sp³-hybridized carbons (Fsp3) is 1.00. The van der Waals surface area contributed by atoms with Gasteiger partial charge in [0.05, 0.1) is 26.2 Å². The molecule has 0 unspecified atom stereocenters. The number of hydrogen-bond donors (Lipinski definition) is 0. The summed E-state index contributed by atoms with van der Waals surface area (Å²) in [4.78, 5) is 0. The normalized spacial score (nSPS) is 18.4. The van der Waals surface area contributed by atoms with E-state index < -0.39 is 0 Å². The van der Waals surface area contributed by atoms with Gasteiger partial charge in [-0.1, -0.05) is 33.1 Å². The third kappa shape index (κ3) is 5.29. The average molecular weight is 231 g/mol. The highest BCUT2D eigenvalue weighted by Gasteiger charge is 2.29. The van der Waals surface area contributed by atoms with Crippen molar-refractivity contribution < 1.29 is 9.19 Å². The maximum absolute atomic E-state index is 2.34. The largest absolute Gasteiger partial charge is 1.00 e. The van der Waals surface area contributed by atoms with Crippen LogP contribution in [0.5, 0.6) is 0 Å². The molecule has 0 saturated carbocycles. The Bertz CT molecular complexity index is 153. The van der Waals surface area contributed by atoms with Crippen molar-refractivity contribution in [1.29, 1.82) is 0 Å².